The Bertz CT molecular complexity index is 780. The standard InChI is InChI=1S/C24H29NOS/c1-18-6-5-7-19(16-18)17-25-23(27)26-22-12-15-24(22)13-10-21(11-14-24)20-8-3-2-4-9-20/h2-9,16,21-22H,10-15,17H2,1H3,(H,25,27). The van der Waals surface area contributed by atoms with Gasteiger partial charge in [0.15, 0.2) is 0 Å². The molecule has 0 bridgehead atoms. The average molecular weight is 380 g/mol. The van der Waals surface area contributed by atoms with E-state index in [-0.39, 0.29) is 0 Å². The van der Waals surface area contributed by atoms with Crippen molar-refractivity contribution in [1.29, 1.82) is 0 Å². The summed E-state index contributed by atoms with van der Waals surface area (Å²) in [5.74, 6) is 0.712. The van der Waals surface area contributed by atoms with Gasteiger partial charge in [-0.1, -0.05) is 60.2 Å². The Hall–Kier alpha value is -1.87. The number of rotatable bonds is 4. The molecule has 0 aromatic heterocycles. The predicted molar refractivity (Wildman–Crippen MR) is 115 cm³/mol. The first-order valence-electron chi connectivity index (χ1n) is 10.2. The van der Waals surface area contributed by atoms with Gasteiger partial charge < -0.3 is 10.1 Å². The van der Waals surface area contributed by atoms with Gasteiger partial charge in [0.2, 0.25) is 0 Å². The lowest BCUT2D eigenvalue weighted by Gasteiger charge is -2.52. The van der Waals surface area contributed by atoms with Crippen LogP contribution >= 0.6 is 12.2 Å². The molecule has 2 aromatic carbocycles. The molecule has 4 rings (SSSR count). The molecule has 2 saturated carbocycles. The van der Waals surface area contributed by atoms with E-state index >= 15 is 0 Å². The van der Waals surface area contributed by atoms with Crippen molar-refractivity contribution >= 4 is 17.4 Å². The molecule has 1 atom stereocenters. The molecule has 1 N–H and O–H groups in total. The molecular weight excluding hydrogens is 350 g/mol. The van der Waals surface area contributed by atoms with Crippen LogP contribution in [0.25, 0.3) is 0 Å². The summed E-state index contributed by atoms with van der Waals surface area (Å²) in [6.07, 6.45) is 7.80. The van der Waals surface area contributed by atoms with Crippen molar-refractivity contribution in [2.24, 2.45) is 5.41 Å². The molecule has 2 aromatic rings. The van der Waals surface area contributed by atoms with Crippen LogP contribution in [0.4, 0.5) is 0 Å². The first kappa shape index (κ1) is 18.5. The zero-order chi connectivity index (χ0) is 18.7. The SMILES string of the molecule is Cc1cccc(CNC(=S)OC2CCC23CCC(c2ccccc2)CC3)c1. The number of aryl methyl sites for hydroxylation is 1. The first-order chi connectivity index (χ1) is 13.1. The van der Waals surface area contributed by atoms with E-state index in [9.17, 15) is 0 Å². The Labute approximate surface area is 168 Å². The second kappa shape index (κ2) is 8.02. The van der Waals surface area contributed by atoms with Crippen molar-refractivity contribution in [2.75, 3.05) is 0 Å². The smallest absolute Gasteiger partial charge is 0.257 e. The lowest BCUT2D eigenvalue weighted by Crippen LogP contribution is -2.50. The molecule has 2 aliphatic carbocycles. The first-order valence-corrected chi connectivity index (χ1v) is 10.6. The van der Waals surface area contributed by atoms with E-state index < -0.39 is 0 Å². The highest BCUT2D eigenvalue weighted by Gasteiger charge is 2.50. The lowest BCUT2D eigenvalue weighted by atomic mass is 9.56. The fourth-order valence-electron chi connectivity index (χ4n) is 4.84. The number of thiocarbonyl (C=S) groups is 1. The highest BCUT2D eigenvalue weighted by molar-refractivity contribution is 7.80. The van der Waals surface area contributed by atoms with Crippen molar-refractivity contribution in [3.63, 3.8) is 0 Å². The van der Waals surface area contributed by atoms with Crippen LogP contribution in [0.5, 0.6) is 0 Å². The maximum atomic E-state index is 6.19. The zero-order valence-corrected chi connectivity index (χ0v) is 16.9. The van der Waals surface area contributed by atoms with Crippen molar-refractivity contribution in [2.45, 2.75) is 64.0 Å². The van der Waals surface area contributed by atoms with Crippen LogP contribution < -0.4 is 5.32 Å². The molecule has 0 aliphatic heterocycles. The predicted octanol–water partition coefficient (Wildman–Crippen LogP) is 5.89. The third-order valence-corrected chi connectivity index (χ3v) is 6.85. The van der Waals surface area contributed by atoms with Gasteiger partial charge in [-0.2, -0.15) is 0 Å². The van der Waals surface area contributed by atoms with Crippen LogP contribution in [0, 0.1) is 12.3 Å². The summed E-state index contributed by atoms with van der Waals surface area (Å²) in [7, 11) is 0. The second-order valence-corrected chi connectivity index (χ2v) is 8.69. The maximum Gasteiger partial charge on any atom is 0.257 e. The average Bonchev–Trinajstić information content (AvgIpc) is 2.70. The molecule has 2 aliphatic rings. The van der Waals surface area contributed by atoms with Crippen LogP contribution in [0.2, 0.25) is 0 Å². The Morgan fingerprint density at radius 2 is 1.78 bits per heavy atom. The fraction of sp³-hybridized carbons (Fsp3) is 0.458. The normalized spacial score (nSPS) is 27.0. The van der Waals surface area contributed by atoms with Gasteiger partial charge in [0.25, 0.3) is 5.17 Å². The minimum atomic E-state index is 0.298. The third-order valence-electron chi connectivity index (χ3n) is 6.61. The number of hydrogen-bond donors (Lipinski definition) is 1. The highest BCUT2D eigenvalue weighted by atomic mass is 32.1. The summed E-state index contributed by atoms with van der Waals surface area (Å²) in [5.41, 5.74) is 4.38. The van der Waals surface area contributed by atoms with Gasteiger partial charge in [0.1, 0.15) is 6.10 Å². The number of nitrogens with one attached hydrogen (secondary N) is 1. The maximum absolute atomic E-state index is 6.19. The molecule has 0 saturated heterocycles. The van der Waals surface area contributed by atoms with E-state index in [0.717, 1.165) is 13.0 Å². The summed E-state index contributed by atoms with van der Waals surface area (Å²) in [6, 6.07) is 19.5. The van der Waals surface area contributed by atoms with E-state index in [1.807, 2.05) is 0 Å². The van der Waals surface area contributed by atoms with E-state index in [4.69, 9.17) is 17.0 Å². The van der Waals surface area contributed by atoms with Crippen molar-refractivity contribution in [3.05, 3.63) is 71.3 Å². The van der Waals surface area contributed by atoms with Crippen LogP contribution in [0.15, 0.2) is 54.6 Å². The third kappa shape index (κ3) is 4.19. The molecule has 3 heteroatoms. The van der Waals surface area contributed by atoms with Gasteiger partial charge >= 0.3 is 0 Å². The van der Waals surface area contributed by atoms with Gasteiger partial charge in [0, 0.05) is 12.0 Å². The summed E-state index contributed by atoms with van der Waals surface area (Å²) in [6.45, 7) is 2.85. The summed E-state index contributed by atoms with van der Waals surface area (Å²) < 4.78 is 6.19. The molecule has 142 valence electrons. The Kier molecular flexibility index (Phi) is 5.49. The van der Waals surface area contributed by atoms with Gasteiger partial charge in [0.05, 0.1) is 0 Å². The molecule has 27 heavy (non-hydrogen) atoms. The van der Waals surface area contributed by atoms with E-state index in [2.05, 4.69) is 66.8 Å². The van der Waals surface area contributed by atoms with E-state index in [1.54, 1.807) is 0 Å². The molecule has 0 radical (unpaired) electrons. The van der Waals surface area contributed by atoms with Gasteiger partial charge in [-0.05, 0) is 74.7 Å². The Balaban J connectivity index is 1.27. The number of ether oxygens (including phenoxy) is 1. The highest BCUT2D eigenvalue weighted by Crippen LogP contribution is 2.55. The van der Waals surface area contributed by atoms with Crippen molar-refractivity contribution in [1.82, 2.24) is 5.32 Å². The Morgan fingerprint density at radius 3 is 2.44 bits per heavy atom. The van der Waals surface area contributed by atoms with Crippen LogP contribution in [0.1, 0.15) is 61.1 Å². The molecule has 0 amide bonds. The molecule has 2 fully saturated rings. The molecular formula is C24H29NOS. The van der Waals surface area contributed by atoms with Crippen LogP contribution in [-0.4, -0.2) is 11.3 Å². The summed E-state index contributed by atoms with van der Waals surface area (Å²) >= 11 is 5.48. The minimum Gasteiger partial charge on any atom is -0.467 e. The monoisotopic (exact) mass is 379 g/mol. The molecule has 1 unspecified atom stereocenters. The fourth-order valence-corrected chi connectivity index (χ4v) is 5.03. The largest absolute Gasteiger partial charge is 0.467 e. The quantitative estimate of drug-likeness (QED) is 0.669. The van der Waals surface area contributed by atoms with Gasteiger partial charge in [-0.15, -0.1) is 0 Å². The van der Waals surface area contributed by atoms with Crippen LogP contribution in [0.3, 0.4) is 0 Å². The molecule has 2 nitrogen and oxygen atoms in total. The lowest BCUT2D eigenvalue weighted by molar-refractivity contribution is -0.0809. The topological polar surface area (TPSA) is 21.3 Å². The van der Waals surface area contributed by atoms with E-state index in [1.165, 1.54) is 48.8 Å². The second-order valence-electron chi connectivity index (χ2n) is 8.32. The molecule has 0 heterocycles. The number of benzene rings is 2. The Morgan fingerprint density at radius 1 is 1.04 bits per heavy atom. The van der Waals surface area contributed by atoms with E-state index in [0.29, 0.717) is 22.6 Å². The zero-order valence-electron chi connectivity index (χ0n) is 16.1. The van der Waals surface area contributed by atoms with Crippen molar-refractivity contribution in [3.8, 4) is 0 Å². The van der Waals surface area contributed by atoms with Gasteiger partial charge in [-0.25, -0.2) is 0 Å². The minimum absolute atomic E-state index is 0.298. The summed E-state index contributed by atoms with van der Waals surface area (Å²) in [5, 5.41) is 3.85. The van der Waals surface area contributed by atoms with Crippen molar-refractivity contribution < 1.29 is 4.74 Å². The van der Waals surface area contributed by atoms with Gasteiger partial charge in [-0.3, -0.25) is 0 Å². The number of hydrogen-bond acceptors (Lipinski definition) is 2. The molecule has 1 spiro atoms. The van der Waals surface area contributed by atoms with Crippen LogP contribution in [-0.2, 0) is 11.3 Å². The summed E-state index contributed by atoms with van der Waals surface area (Å²) in [4.78, 5) is 0.